The van der Waals surface area contributed by atoms with E-state index in [9.17, 15) is 4.79 Å². The summed E-state index contributed by atoms with van der Waals surface area (Å²) >= 11 is 0. The van der Waals surface area contributed by atoms with Crippen molar-refractivity contribution < 1.29 is 14.3 Å². The summed E-state index contributed by atoms with van der Waals surface area (Å²) in [4.78, 5) is 11.7. The molecule has 0 bridgehead atoms. The Morgan fingerprint density at radius 2 is 1.67 bits per heavy atom. The quantitative estimate of drug-likeness (QED) is 0.756. The van der Waals surface area contributed by atoms with E-state index in [1.54, 1.807) is 14.2 Å². The zero-order valence-electron chi connectivity index (χ0n) is 13.6. The summed E-state index contributed by atoms with van der Waals surface area (Å²) in [7, 11) is 3.26. The Kier molecular flexibility index (Phi) is 6.49. The number of methoxy groups -OCH3 is 2. The molecule has 1 aromatic rings. The molecule has 118 valence electrons. The van der Waals surface area contributed by atoms with Crippen molar-refractivity contribution in [3.8, 4) is 11.5 Å². The lowest BCUT2D eigenvalue weighted by molar-refractivity contribution is -0.122. The summed E-state index contributed by atoms with van der Waals surface area (Å²) in [5, 5.41) is 6.18. The fourth-order valence-corrected chi connectivity index (χ4v) is 1.88. The molecule has 0 fully saturated rings. The van der Waals surface area contributed by atoms with Crippen molar-refractivity contribution in [2.45, 2.75) is 39.3 Å². The van der Waals surface area contributed by atoms with Crippen molar-refractivity contribution in [1.82, 2.24) is 10.6 Å². The zero-order chi connectivity index (χ0) is 15.9. The van der Waals surface area contributed by atoms with Crippen LogP contribution in [0, 0.1) is 0 Å². The molecule has 1 rings (SSSR count). The van der Waals surface area contributed by atoms with Crippen LogP contribution in [0.2, 0.25) is 0 Å². The second-order valence-corrected chi connectivity index (χ2v) is 5.95. The van der Waals surface area contributed by atoms with Crippen LogP contribution in [0.5, 0.6) is 11.5 Å². The summed E-state index contributed by atoms with van der Waals surface area (Å²) in [6, 6.07) is 5.73. The summed E-state index contributed by atoms with van der Waals surface area (Å²) in [5.74, 6) is 1.58. The number of carbonyl (C=O) groups is 1. The number of hydrogen-bond acceptors (Lipinski definition) is 4. The molecule has 0 aromatic heterocycles. The maximum absolute atomic E-state index is 11.7. The minimum atomic E-state index is -0.183. The number of carbonyl (C=O) groups excluding carboxylic acids is 1. The Morgan fingerprint density at radius 1 is 1.10 bits per heavy atom. The lowest BCUT2D eigenvalue weighted by Crippen LogP contribution is -2.41. The molecule has 1 amide bonds. The topological polar surface area (TPSA) is 59.6 Å². The normalized spacial score (nSPS) is 11.1. The molecule has 0 aliphatic heterocycles. The van der Waals surface area contributed by atoms with Crippen LogP contribution in [0.4, 0.5) is 0 Å². The second-order valence-electron chi connectivity index (χ2n) is 5.95. The Hall–Kier alpha value is -1.75. The van der Waals surface area contributed by atoms with Crippen LogP contribution < -0.4 is 20.1 Å². The first kappa shape index (κ1) is 17.3. The third kappa shape index (κ3) is 6.99. The van der Waals surface area contributed by atoms with Crippen molar-refractivity contribution in [3.63, 3.8) is 0 Å². The number of nitrogens with one attached hydrogen (secondary N) is 2. The third-order valence-corrected chi connectivity index (χ3v) is 2.78. The first-order chi connectivity index (χ1) is 9.84. The van der Waals surface area contributed by atoms with Crippen LogP contribution in [0.1, 0.15) is 32.8 Å². The molecule has 21 heavy (non-hydrogen) atoms. The smallest absolute Gasteiger partial charge is 0.221 e. The number of benzene rings is 1. The first-order valence-corrected chi connectivity index (χ1v) is 7.08. The Bertz CT molecular complexity index is 445. The highest BCUT2D eigenvalue weighted by molar-refractivity contribution is 5.76. The number of hydrogen-bond donors (Lipinski definition) is 2. The average molecular weight is 294 g/mol. The van der Waals surface area contributed by atoms with Crippen molar-refractivity contribution in [2.24, 2.45) is 0 Å². The second kappa shape index (κ2) is 7.88. The highest BCUT2D eigenvalue weighted by Crippen LogP contribution is 2.22. The predicted molar refractivity (Wildman–Crippen MR) is 83.8 cm³/mol. The van der Waals surface area contributed by atoms with Crippen LogP contribution >= 0.6 is 0 Å². The number of rotatable bonds is 7. The van der Waals surface area contributed by atoms with Gasteiger partial charge in [-0.2, -0.15) is 0 Å². The van der Waals surface area contributed by atoms with Gasteiger partial charge in [0.05, 0.1) is 14.2 Å². The van der Waals surface area contributed by atoms with Crippen molar-refractivity contribution in [3.05, 3.63) is 23.8 Å². The Morgan fingerprint density at radius 3 is 2.14 bits per heavy atom. The summed E-state index contributed by atoms with van der Waals surface area (Å²) in [6.07, 6.45) is 0.457. The standard InChI is InChI=1S/C16H26N2O3/c1-16(2,3)18-15(19)6-7-17-11-12-8-13(20-4)10-14(9-12)21-5/h8-10,17H,6-7,11H2,1-5H3,(H,18,19). The van der Waals surface area contributed by atoms with E-state index in [1.807, 2.05) is 39.0 Å². The maximum Gasteiger partial charge on any atom is 0.221 e. The highest BCUT2D eigenvalue weighted by atomic mass is 16.5. The van der Waals surface area contributed by atoms with Gasteiger partial charge in [0.25, 0.3) is 0 Å². The molecule has 0 saturated heterocycles. The molecule has 0 saturated carbocycles. The molecule has 0 spiro atoms. The lowest BCUT2D eigenvalue weighted by Gasteiger charge is -2.20. The van der Waals surface area contributed by atoms with E-state index < -0.39 is 0 Å². The van der Waals surface area contributed by atoms with Gasteiger partial charge in [-0.05, 0) is 38.5 Å². The van der Waals surface area contributed by atoms with Gasteiger partial charge in [0.1, 0.15) is 11.5 Å². The molecule has 5 nitrogen and oxygen atoms in total. The Labute approximate surface area is 127 Å². The van der Waals surface area contributed by atoms with Gasteiger partial charge >= 0.3 is 0 Å². The molecule has 0 aliphatic rings. The van der Waals surface area contributed by atoms with Crippen LogP contribution in [0.3, 0.4) is 0 Å². The molecule has 2 N–H and O–H groups in total. The molecule has 1 aromatic carbocycles. The average Bonchev–Trinajstić information content (AvgIpc) is 2.41. The summed E-state index contributed by atoms with van der Waals surface area (Å²) < 4.78 is 10.4. The van der Waals surface area contributed by atoms with E-state index in [-0.39, 0.29) is 11.4 Å². The highest BCUT2D eigenvalue weighted by Gasteiger charge is 2.12. The van der Waals surface area contributed by atoms with E-state index >= 15 is 0 Å². The van der Waals surface area contributed by atoms with Gasteiger partial charge in [-0.25, -0.2) is 0 Å². The fourth-order valence-electron chi connectivity index (χ4n) is 1.88. The van der Waals surface area contributed by atoms with Gasteiger partial charge in [-0.15, -0.1) is 0 Å². The van der Waals surface area contributed by atoms with Gasteiger partial charge in [0.15, 0.2) is 0 Å². The van der Waals surface area contributed by atoms with E-state index in [4.69, 9.17) is 9.47 Å². The zero-order valence-corrected chi connectivity index (χ0v) is 13.6. The van der Waals surface area contributed by atoms with Crippen LogP contribution in [-0.2, 0) is 11.3 Å². The van der Waals surface area contributed by atoms with Crippen LogP contribution in [0.15, 0.2) is 18.2 Å². The predicted octanol–water partition coefficient (Wildman–Crippen LogP) is 2.10. The largest absolute Gasteiger partial charge is 0.497 e. The third-order valence-electron chi connectivity index (χ3n) is 2.78. The number of ether oxygens (including phenoxy) is 2. The first-order valence-electron chi connectivity index (χ1n) is 7.08. The molecule has 0 atom stereocenters. The van der Waals surface area contributed by atoms with Crippen LogP contribution in [0.25, 0.3) is 0 Å². The van der Waals surface area contributed by atoms with Gasteiger partial charge in [-0.3, -0.25) is 4.79 Å². The molecular formula is C16H26N2O3. The number of amides is 1. The van der Waals surface area contributed by atoms with Crippen molar-refractivity contribution >= 4 is 5.91 Å². The van der Waals surface area contributed by atoms with Crippen molar-refractivity contribution in [1.29, 1.82) is 0 Å². The monoisotopic (exact) mass is 294 g/mol. The van der Waals surface area contributed by atoms with Gasteiger partial charge < -0.3 is 20.1 Å². The molecule has 0 aliphatic carbocycles. The molecule has 0 heterocycles. The van der Waals surface area contributed by atoms with Gasteiger partial charge in [0.2, 0.25) is 5.91 Å². The van der Waals surface area contributed by atoms with Gasteiger partial charge in [-0.1, -0.05) is 0 Å². The van der Waals surface area contributed by atoms with E-state index in [0.29, 0.717) is 19.5 Å². The summed E-state index contributed by atoms with van der Waals surface area (Å²) in [6.45, 7) is 7.21. The van der Waals surface area contributed by atoms with Gasteiger partial charge in [0, 0.05) is 31.1 Å². The minimum absolute atomic E-state index is 0.0539. The maximum atomic E-state index is 11.7. The van der Waals surface area contributed by atoms with Crippen molar-refractivity contribution in [2.75, 3.05) is 20.8 Å². The minimum Gasteiger partial charge on any atom is -0.497 e. The Balaban J connectivity index is 2.40. The SMILES string of the molecule is COc1cc(CNCCC(=O)NC(C)(C)C)cc(OC)c1. The van der Waals surface area contributed by atoms with E-state index in [1.165, 1.54) is 0 Å². The van der Waals surface area contributed by atoms with Crippen LogP contribution in [-0.4, -0.2) is 32.2 Å². The molecule has 0 radical (unpaired) electrons. The van der Waals surface area contributed by atoms with E-state index in [0.717, 1.165) is 17.1 Å². The molecular weight excluding hydrogens is 268 g/mol. The summed E-state index contributed by atoms with van der Waals surface area (Å²) in [5.41, 5.74) is 0.875. The molecule has 0 unspecified atom stereocenters. The lowest BCUT2D eigenvalue weighted by atomic mass is 10.1. The molecule has 5 heteroatoms. The fraction of sp³-hybridized carbons (Fsp3) is 0.562. The van der Waals surface area contributed by atoms with E-state index in [2.05, 4.69) is 10.6 Å².